The van der Waals surface area contributed by atoms with Crippen LogP contribution in [-0.2, 0) is 13.1 Å². The monoisotopic (exact) mass is 284 g/mol. The SMILES string of the molecule is CCn1nc(C)c(Cl)c1CN(C)C1CCCNCC1. The highest BCUT2D eigenvalue weighted by atomic mass is 35.5. The van der Waals surface area contributed by atoms with Crippen molar-refractivity contribution in [2.75, 3.05) is 20.1 Å². The van der Waals surface area contributed by atoms with Crippen LogP contribution in [0.4, 0.5) is 0 Å². The summed E-state index contributed by atoms with van der Waals surface area (Å²) in [5.74, 6) is 0. The fourth-order valence-corrected chi connectivity index (χ4v) is 3.02. The summed E-state index contributed by atoms with van der Waals surface area (Å²) in [6.45, 7) is 8.13. The van der Waals surface area contributed by atoms with Gasteiger partial charge in [0, 0.05) is 19.1 Å². The summed E-state index contributed by atoms with van der Waals surface area (Å²) in [6.07, 6.45) is 3.74. The van der Waals surface area contributed by atoms with Crippen LogP contribution in [0.2, 0.25) is 5.02 Å². The number of nitrogens with one attached hydrogen (secondary N) is 1. The van der Waals surface area contributed by atoms with E-state index in [9.17, 15) is 0 Å². The Hall–Kier alpha value is -0.580. The maximum atomic E-state index is 6.39. The fraction of sp³-hybridized carbons (Fsp3) is 0.786. The summed E-state index contributed by atoms with van der Waals surface area (Å²) in [5, 5.41) is 8.79. The van der Waals surface area contributed by atoms with Crippen LogP contribution in [0.3, 0.4) is 0 Å². The van der Waals surface area contributed by atoms with Crippen LogP contribution in [0.5, 0.6) is 0 Å². The number of hydrogen-bond acceptors (Lipinski definition) is 3. The molecule has 1 saturated heterocycles. The quantitative estimate of drug-likeness (QED) is 0.922. The third-order valence-corrected chi connectivity index (χ3v) is 4.51. The third kappa shape index (κ3) is 3.50. The van der Waals surface area contributed by atoms with E-state index in [4.69, 9.17) is 11.6 Å². The van der Waals surface area contributed by atoms with E-state index < -0.39 is 0 Å². The molecule has 0 aliphatic carbocycles. The van der Waals surface area contributed by atoms with Gasteiger partial charge in [-0.05, 0) is 53.2 Å². The second kappa shape index (κ2) is 6.73. The van der Waals surface area contributed by atoms with E-state index in [1.807, 2.05) is 11.6 Å². The van der Waals surface area contributed by atoms with Crippen molar-refractivity contribution in [3.63, 3.8) is 0 Å². The van der Waals surface area contributed by atoms with Gasteiger partial charge in [0.05, 0.1) is 16.4 Å². The van der Waals surface area contributed by atoms with Gasteiger partial charge in [-0.3, -0.25) is 9.58 Å². The Labute approximate surface area is 121 Å². The first-order valence-electron chi connectivity index (χ1n) is 7.26. The van der Waals surface area contributed by atoms with E-state index in [0.717, 1.165) is 42.6 Å². The van der Waals surface area contributed by atoms with Crippen LogP contribution in [0, 0.1) is 6.92 Å². The third-order valence-electron chi connectivity index (χ3n) is 4.02. The molecular formula is C14H25ClN4. The molecule has 1 aromatic heterocycles. The Morgan fingerprint density at radius 3 is 2.95 bits per heavy atom. The molecule has 2 heterocycles. The van der Waals surface area contributed by atoms with Crippen molar-refractivity contribution in [1.29, 1.82) is 0 Å². The predicted molar refractivity (Wildman–Crippen MR) is 79.6 cm³/mol. The molecule has 0 spiro atoms. The van der Waals surface area contributed by atoms with E-state index in [-0.39, 0.29) is 0 Å². The zero-order valence-corrected chi connectivity index (χ0v) is 13.0. The number of hydrogen-bond donors (Lipinski definition) is 1. The molecule has 1 atom stereocenters. The summed E-state index contributed by atoms with van der Waals surface area (Å²) in [6, 6.07) is 0.645. The molecule has 1 aromatic rings. The smallest absolute Gasteiger partial charge is 0.0860 e. The van der Waals surface area contributed by atoms with E-state index in [0.29, 0.717) is 6.04 Å². The van der Waals surface area contributed by atoms with E-state index in [2.05, 4.69) is 29.3 Å². The number of aromatic nitrogens is 2. The first kappa shape index (κ1) is 14.8. The minimum Gasteiger partial charge on any atom is -0.317 e. The second-order valence-electron chi connectivity index (χ2n) is 5.41. The lowest BCUT2D eigenvalue weighted by Gasteiger charge is -2.27. The molecule has 0 amide bonds. The van der Waals surface area contributed by atoms with Gasteiger partial charge in [0.15, 0.2) is 0 Å². The summed E-state index contributed by atoms with van der Waals surface area (Å²) in [4.78, 5) is 2.43. The average Bonchev–Trinajstić information content (AvgIpc) is 2.65. The van der Waals surface area contributed by atoms with E-state index in [1.165, 1.54) is 19.3 Å². The highest BCUT2D eigenvalue weighted by Gasteiger charge is 2.20. The molecule has 4 nitrogen and oxygen atoms in total. The maximum Gasteiger partial charge on any atom is 0.0860 e. The maximum absolute atomic E-state index is 6.39. The van der Waals surface area contributed by atoms with Gasteiger partial charge in [0.2, 0.25) is 0 Å². The standard InChI is InChI=1S/C14H25ClN4/c1-4-19-13(14(15)11(2)17-19)10-18(3)12-6-5-8-16-9-7-12/h12,16H,4-10H2,1-3H3. The van der Waals surface area contributed by atoms with Crippen LogP contribution >= 0.6 is 11.6 Å². The second-order valence-corrected chi connectivity index (χ2v) is 5.79. The summed E-state index contributed by atoms with van der Waals surface area (Å²) in [7, 11) is 2.20. The van der Waals surface area contributed by atoms with Crippen LogP contribution in [-0.4, -0.2) is 40.9 Å². The van der Waals surface area contributed by atoms with Gasteiger partial charge >= 0.3 is 0 Å². The summed E-state index contributed by atoms with van der Waals surface area (Å²) < 4.78 is 2.03. The van der Waals surface area contributed by atoms with Gasteiger partial charge in [0.25, 0.3) is 0 Å². The van der Waals surface area contributed by atoms with E-state index in [1.54, 1.807) is 0 Å². The van der Waals surface area contributed by atoms with Gasteiger partial charge in [0.1, 0.15) is 0 Å². The Morgan fingerprint density at radius 1 is 1.42 bits per heavy atom. The van der Waals surface area contributed by atoms with Crippen LogP contribution in [0.15, 0.2) is 0 Å². The van der Waals surface area contributed by atoms with Crippen molar-refractivity contribution in [1.82, 2.24) is 20.0 Å². The molecule has 1 fully saturated rings. The number of aryl methyl sites for hydroxylation is 2. The van der Waals surface area contributed by atoms with Gasteiger partial charge in [-0.25, -0.2) is 0 Å². The highest BCUT2D eigenvalue weighted by molar-refractivity contribution is 6.31. The molecule has 0 radical (unpaired) electrons. The van der Waals surface area contributed by atoms with Crippen molar-refractivity contribution in [2.45, 2.75) is 52.2 Å². The molecule has 2 rings (SSSR count). The van der Waals surface area contributed by atoms with Crippen molar-refractivity contribution >= 4 is 11.6 Å². The minimum absolute atomic E-state index is 0.645. The van der Waals surface area contributed by atoms with Crippen molar-refractivity contribution < 1.29 is 0 Å². The number of rotatable bonds is 4. The Kier molecular flexibility index (Phi) is 5.25. The van der Waals surface area contributed by atoms with Gasteiger partial charge in [-0.1, -0.05) is 11.6 Å². The fourth-order valence-electron chi connectivity index (χ4n) is 2.83. The molecule has 1 aliphatic rings. The lowest BCUT2D eigenvalue weighted by atomic mass is 10.1. The molecule has 19 heavy (non-hydrogen) atoms. The van der Waals surface area contributed by atoms with E-state index >= 15 is 0 Å². The Balaban J connectivity index is 2.07. The lowest BCUT2D eigenvalue weighted by Crippen LogP contribution is -2.32. The molecule has 1 N–H and O–H groups in total. The van der Waals surface area contributed by atoms with Crippen LogP contribution in [0.1, 0.15) is 37.6 Å². The van der Waals surface area contributed by atoms with Crippen molar-refractivity contribution in [3.05, 3.63) is 16.4 Å². The first-order valence-corrected chi connectivity index (χ1v) is 7.64. The zero-order valence-electron chi connectivity index (χ0n) is 12.2. The normalized spacial score (nSPS) is 20.8. The molecule has 1 aliphatic heterocycles. The topological polar surface area (TPSA) is 33.1 Å². The van der Waals surface area contributed by atoms with Gasteiger partial charge in [-0.15, -0.1) is 0 Å². The first-order chi connectivity index (χ1) is 9.13. The predicted octanol–water partition coefficient (Wildman–Crippen LogP) is 2.44. The largest absolute Gasteiger partial charge is 0.317 e. The molecule has 1 unspecified atom stereocenters. The molecule has 108 valence electrons. The molecule has 5 heteroatoms. The number of halogens is 1. The molecule has 0 aromatic carbocycles. The highest BCUT2D eigenvalue weighted by Crippen LogP contribution is 2.23. The average molecular weight is 285 g/mol. The molecule has 0 saturated carbocycles. The van der Waals surface area contributed by atoms with Gasteiger partial charge in [-0.2, -0.15) is 5.10 Å². The van der Waals surface area contributed by atoms with Crippen molar-refractivity contribution in [2.24, 2.45) is 0 Å². The Bertz CT molecular complexity index is 408. The number of nitrogens with zero attached hydrogens (tertiary/aromatic N) is 3. The summed E-state index contributed by atoms with van der Waals surface area (Å²) in [5.41, 5.74) is 2.09. The molecule has 0 bridgehead atoms. The Morgan fingerprint density at radius 2 is 2.21 bits per heavy atom. The van der Waals surface area contributed by atoms with Crippen LogP contribution in [0.25, 0.3) is 0 Å². The van der Waals surface area contributed by atoms with Crippen LogP contribution < -0.4 is 5.32 Å². The lowest BCUT2D eigenvalue weighted by molar-refractivity contribution is 0.211. The van der Waals surface area contributed by atoms with Crippen molar-refractivity contribution in [3.8, 4) is 0 Å². The summed E-state index contributed by atoms with van der Waals surface area (Å²) >= 11 is 6.39. The minimum atomic E-state index is 0.645. The zero-order chi connectivity index (χ0) is 13.8. The van der Waals surface area contributed by atoms with Gasteiger partial charge < -0.3 is 5.32 Å². The molecular weight excluding hydrogens is 260 g/mol.